The van der Waals surface area contributed by atoms with Crippen LogP contribution in [0.15, 0.2) is 6.07 Å². The summed E-state index contributed by atoms with van der Waals surface area (Å²) in [5.41, 5.74) is 1.48. The first-order chi connectivity index (χ1) is 8.22. The van der Waals surface area contributed by atoms with Gasteiger partial charge >= 0.3 is 0 Å². The summed E-state index contributed by atoms with van der Waals surface area (Å²) in [4.78, 5) is 2.66. The second-order valence-corrected chi connectivity index (χ2v) is 6.18. The van der Waals surface area contributed by atoms with Crippen molar-refractivity contribution in [1.82, 2.24) is 0 Å². The summed E-state index contributed by atoms with van der Waals surface area (Å²) in [5, 5.41) is 10.3. The van der Waals surface area contributed by atoms with Gasteiger partial charge in [0.2, 0.25) is 0 Å². The van der Waals surface area contributed by atoms with Crippen LogP contribution in [-0.2, 0) is 17.6 Å². The predicted molar refractivity (Wildman–Crippen MR) is 71.6 cm³/mol. The third-order valence-corrected chi connectivity index (χ3v) is 4.93. The molecule has 1 aliphatic rings. The first-order valence-electron chi connectivity index (χ1n) is 6.51. The molecular formula is C14H22O2S. The van der Waals surface area contributed by atoms with Crippen LogP contribution in [0.5, 0.6) is 0 Å². The van der Waals surface area contributed by atoms with Crippen LogP contribution in [-0.4, -0.2) is 18.8 Å². The number of aliphatic hydroxyl groups is 1. The quantitative estimate of drug-likeness (QED) is 0.873. The molecule has 1 aromatic rings. The van der Waals surface area contributed by atoms with E-state index in [1.807, 2.05) is 11.3 Å². The van der Waals surface area contributed by atoms with Crippen LogP contribution < -0.4 is 0 Å². The summed E-state index contributed by atoms with van der Waals surface area (Å²) in [6.45, 7) is 2.83. The summed E-state index contributed by atoms with van der Waals surface area (Å²) in [7, 11) is 1.71. The molecule has 17 heavy (non-hydrogen) atoms. The predicted octanol–water partition coefficient (Wildman–Crippen LogP) is 3.33. The van der Waals surface area contributed by atoms with Gasteiger partial charge in [0.05, 0.1) is 6.10 Å². The van der Waals surface area contributed by atoms with Crippen molar-refractivity contribution in [3.05, 3.63) is 21.4 Å². The van der Waals surface area contributed by atoms with Crippen molar-refractivity contribution in [2.24, 2.45) is 5.92 Å². The number of hydrogen-bond acceptors (Lipinski definition) is 3. The van der Waals surface area contributed by atoms with Crippen molar-refractivity contribution in [2.45, 2.75) is 45.1 Å². The third-order valence-electron chi connectivity index (χ3n) is 3.62. The highest BCUT2D eigenvalue weighted by atomic mass is 32.1. The molecule has 0 saturated carbocycles. The van der Waals surface area contributed by atoms with E-state index in [-0.39, 0.29) is 12.0 Å². The Morgan fingerprint density at radius 2 is 2.18 bits per heavy atom. The molecule has 0 aromatic carbocycles. The van der Waals surface area contributed by atoms with E-state index in [1.165, 1.54) is 36.1 Å². The number of thiophene rings is 1. The number of fused-ring (bicyclic) bond motifs is 1. The minimum atomic E-state index is -0.319. The SMILES string of the molecule is COCCC(C)C(O)c1cc2c(s1)CCCC2. The maximum Gasteiger partial charge on any atom is 0.0908 e. The Morgan fingerprint density at radius 3 is 2.88 bits per heavy atom. The van der Waals surface area contributed by atoms with Gasteiger partial charge in [-0.2, -0.15) is 0 Å². The molecule has 2 rings (SSSR count). The van der Waals surface area contributed by atoms with Crippen molar-refractivity contribution in [1.29, 1.82) is 0 Å². The standard InChI is InChI=1S/C14H22O2S/c1-10(7-8-16-2)14(15)13-9-11-5-3-4-6-12(11)17-13/h9-10,14-15H,3-8H2,1-2H3. The molecule has 96 valence electrons. The largest absolute Gasteiger partial charge is 0.387 e. The molecular weight excluding hydrogens is 232 g/mol. The Kier molecular flexibility index (Phi) is 4.60. The van der Waals surface area contributed by atoms with Crippen LogP contribution >= 0.6 is 11.3 Å². The summed E-state index contributed by atoms with van der Waals surface area (Å²) >= 11 is 1.81. The molecule has 2 atom stereocenters. The van der Waals surface area contributed by atoms with E-state index >= 15 is 0 Å². The van der Waals surface area contributed by atoms with Gasteiger partial charge in [0.1, 0.15) is 0 Å². The van der Waals surface area contributed by atoms with Crippen molar-refractivity contribution in [3.63, 3.8) is 0 Å². The third kappa shape index (κ3) is 3.09. The molecule has 3 heteroatoms. The molecule has 1 aliphatic carbocycles. The molecule has 2 nitrogen and oxygen atoms in total. The van der Waals surface area contributed by atoms with Crippen LogP contribution in [0.25, 0.3) is 0 Å². The normalized spacial score (nSPS) is 18.8. The molecule has 0 fully saturated rings. The molecule has 0 amide bonds. The first kappa shape index (κ1) is 13.1. The van der Waals surface area contributed by atoms with Gasteiger partial charge in [-0.15, -0.1) is 11.3 Å². The molecule has 0 bridgehead atoms. The number of ether oxygens (including phenoxy) is 1. The molecule has 1 aromatic heterocycles. The molecule has 1 N–H and O–H groups in total. The van der Waals surface area contributed by atoms with E-state index < -0.39 is 0 Å². The zero-order chi connectivity index (χ0) is 12.3. The second-order valence-electron chi connectivity index (χ2n) is 5.01. The van der Waals surface area contributed by atoms with Gasteiger partial charge in [-0.05, 0) is 49.7 Å². The first-order valence-corrected chi connectivity index (χ1v) is 7.32. The lowest BCUT2D eigenvalue weighted by molar-refractivity contribution is 0.0911. The number of methoxy groups -OCH3 is 1. The molecule has 0 spiro atoms. The van der Waals surface area contributed by atoms with Crippen molar-refractivity contribution < 1.29 is 9.84 Å². The Balaban J connectivity index is 2.03. The highest BCUT2D eigenvalue weighted by Crippen LogP contribution is 2.36. The maximum absolute atomic E-state index is 10.3. The fraction of sp³-hybridized carbons (Fsp3) is 0.714. The fourth-order valence-corrected chi connectivity index (χ4v) is 3.78. The summed E-state index contributed by atoms with van der Waals surface area (Å²) < 4.78 is 5.07. The topological polar surface area (TPSA) is 29.5 Å². The lowest BCUT2D eigenvalue weighted by Gasteiger charge is -2.16. The van der Waals surface area contributed by atoms with E-state index in [9.17, 15) is 5.11 Å². The van der Waals surface area contributed by atoms with Crippen molar-refractivity contribution in [2.75, 3.05) is 13.7 Å². The van der Waals surface area contributed by atoms with E-state index in [1.54, 1.807) is 7.11 Å². The molecule has 1 heterocycles. The number of hydrogen-bond donors (Lipinski definition) is 1. The van der Waals surface area contributed by atoms with Gasteiger partial charge in [0.25, 0.3) is 0 Å². The van der Waals surface area contributed by atoms with E-state index in [0.29, 0.717) is 0 Å². The Hall–Kier alpha value is -0.380. The second kappa shape index (κ2) is 5.98. The minimum Gasteiger partial charge on any atom is -0.387 e. The highest BCUT2D eigenvalue weighted by molar-refractivity contribution is 7.12. The van der Waals surface area contributed by atoms with E-state index in [4.69, 9.17) is 4.74 Å². The van der Waals surface area contributed by atoms with Crippen molar-refractivity contribution >= 4 is 11.3 Å². The zero-order valence-electron chi connectivity index (χ0n) is 10.7. The average Bonchev–Trinajstić information content (AvgIpc) is 2.78. The number of aryl methyl sites for hydroxylation is 2. The highest BCUT2D eigenvalue weighted by Gasteiger charge is 2.21. The van der Waals surface area contributed by atoms with E-state index in [2.05, 4.69) is 13.0 Å². The van der Waals surface area contributed by atoms with Crippen LogP contribution in [0, 0.1) is 5.92 Å². The average molecular weight is 254 g/mol. The molecule has 0 radical (unpaired) electrons. The zero-order valence-corrected chi connectivity index (χ0v) is 11.6. The van der Waals surface area contributed by atoms with Gasteiger partial charge in [0, 0.05) is 23.5 Å². The monoisotopic (exact) mass is 254 g/mol. The number of rotatable bonds is 5. The van der Waals surface area contributed by atoms with Gasteiger partial charge in [0.15, 0.2) is 0 Å². The Bertz CT molecular complexity index is 336. The van der Waals surface area contributed by atoms with Crippen LogP contribution in [0.1, 0.15) is 47.6 Å². The molecule has 0 aliphatic heterocycles. The van der Waals surface area contributed by atoms with Crippen LogP contribution in [0.3, 0.4) is 0 Å². The molecule has 2 unspecified atom stereocenters. The lowest BCUT2D eigenvalue weighted by Crippen LogP contribution is -2.10. The minimum absolute atomic E-state index is 0.273. The summed E-state index contributed by atoms with van der Waals surface area (Å²) in [5.74, 6) is 0.273. The van der Waals surface area contributed by atoms with Crippen LogP contribution in [0.4, 0.5) is 0 Å². The maximum atomic E-state index is 10.3. The Morgan fingerprint density at radius 1 is 1.41 bits per heavy atom. The fourth-order valence-electron chi connectivity index (χ4n) is 2.40. The lowest BCUT2D eigenvalue weighted by atomic mass is 9.96. The van der Waals surface area contributed by atoms with Crippen molar-refractivity contribution in [3.8, 4) is 0 Å². The van der Waals surface area contributed by atoms with Gasteiger partial charge in [-0.25, -0.2) is 0 Å². The van der Waals surface area contributed by atoms with Crippen LogP contribution in [0.2, 0.25) is 0 Å². The summed E-state index contributed by atoms with van der Waals surface area (Å²) in [6.07, 6.45) is 5.62. The molecule has 0 saturated heterocycles. The van der Waals surface area contributed by atoms with Gasteiger partial charge in [-0.1, -0.05) is 6.92 Å². The van der Waals surface area contributed by atoms with Gasteiger partial charge < -0.3 is 9.84 Å². The Labute approximate surface area is 108 Å². The summed E-state index contributed by atoms with van der Waals surface area (Å²) in [6, 6.07) is 2.23. The number of aliphatic hydroxyl groups excluding tert-OH is 1. The van der Waals surface area contributed by atoms with Gasteiger partial charge in [-0.3, -0.25) is 0 Å². The smallest absolute Gasteiger partial charge is 0.0908 e. The van der Waals surface area contributed by atoms with E-state index in [0.717, 1.165) is 17.9 Å².